The number of hydrogen-bond acceptors (Lipinski definition) is 7. The first kappa shape index (κ1) is 18.0. The summed E-state index contributed by atoms with van der Waals surface area (Å²) in [6, 6.07) is 10.7. The van der Waals surface area contributed by atoms with Crippen LogP contribution in [-0.4, -0.2) is 48.5 Å². The Morgan fingerprint density at radius 3 is 2.62 bits per heavy atom. The minimum absolute atomic E-state index is 0.168. The molecular formula is C18H18N4O3S. The highest BCUT2D eigenvalue weighted by molar-refractivity contribution is 7.18. The van der Waals surface area contributed by atoms with Gasteiger partial charge in [-0.05, 0) is 36.4 Å². The third kappa shape index (κ3) is 4.04. The van der Waals surface area contributed by atoms with E-state index >= 15 is 0 Å². The summed E-state index contributed by atoms with van der Waals surface area (Å²) < 4.78 is 10.3. The predicted molar refractivity (Wildman–Crippen MR) is 99.7 cm³/mol. The van der Waals surface area contributed by atoms with Crippen molar-refractivity contribution >= 4 is 22.4 Å². The van der Waals surface area contributed by atoms with Gasteiger partial charge in [0.15, 0.2) is 5.01 Å². The van der Waals surface area contributed by atoms with Crippen molar-refractivity contribution < 1.29 is 14.3 Å². The summed E-state index contributed by atoms with van der Waals surface area (Å²) in [5, 5.41) is 9.61. The number of amides is 1. The van der Waals surface area contributed by atoms with E-state index in [0.29, 0.717) is 34.6 Å². The number of hydrogen-bond donors (Lipinski definition) is 0. The van der Waals surface area contributed by atoms with Crippen molar-refractivity contribution in [1.82, 2.24) is 15.2 Å². The molecule has 0 saturated carbocycles. The zero-order valence-corrected chi connectivity index (χ0v) is 15.3. The van der Waals surface area contributed by atoms with Crippen LogP contribution in [0.3, 0.4) is 0 Å². The maximum absolute atomic E-state index is 13.0. The Morgan fingerprint density at radius 2 is 1.96 bits per heavy atom. The molecule has 1 aromatic carbocycles. The molecular weight excluding hydrogens is 352 g/mol. The van der Waals surface area contributed by atoms with E-state index in [4.69, 9.17) is 9.47 Å². The Kier molecular flexibility index (Phi) is 5.88. The molecule has 8 heteroatoms. The predicted octanol–water partition coefficient (Wildman–Crippen LogP) is 2.90. The van der Waals surface area contributed by atoms with E-state index in [0.717, 1.165) is 5.56 Å². The van der Waals surface area contributed by atoms with Crippen LogP contribution in [-0.2, 0) is 4.74 Å². The van der Waals surface area contributed by atoms with Gasteiger partial charge in [-0.1, -0.05) is 11.3 Å². The molecule has 0 saturated heterocycles. The molecule has 0 aliphatic heterocycles. The Morgan fingerprint density at radius 1 is 1.15 bits per heavy atom. The molecule has 3 aromatic rings. The summed E-state index contributed by atoms with van der Waals surface area (Å²) in [5.74, 6) is 0.526. The zero-order chi connectivity index (χ0) is 18.4. The number of aromatic nitrogens is 3. The highest BCUT2D eigenvalue weighted by atomic mass is 32.1. The molecule has 0 radical (unpaired) electrons. The first-order valence-electron chi connectivity index (χ1n) is 7.91. The number of pyridine rings is 1. The molecule has 26 heavy (non-hydrogen) atoms. The minimum atomic E-state index is -0.168. The van der Waals surface area contributed by atoms with Crippen LogP contribution >= 0.6 is 11.3 Å². The second-order valence-electron chi connectivity index (χ2n) is 5.31. The smallest absolute Gasteiger partial charge is 0.260 e. The van der Waals surface area contributed by atoms with Gasteiger partial charge in [0.1, 0.15) is 5.75 Å². The number of rotatable bonds is 7. The average Bonchev–Trinajstić information content (AvgIpc) is 3.19. The quantitative estimate of drug-likeness (QED) is 0.636. The van der Waals surface area contributed by atoms with E-state index in [1.165, 1.54) is 11.3 Å². The summed E-state index contributed by atoms with van der Waals surface area (Å²) in [7, 11) is 3.18. The van der Waals surface area contributed by atoms with Crippen LogP contribution in [0.4, 0.5) is 5.13 Å². The van der Waals surface area contributed by atoms with Gasteiger partial charge in [0.25, 0.3) is 5.91 Å². The molecule has 2 heterocycles. The molecule has 0 fully saturated rings. The lowest BCUT2D eigenvalue weighted by Crippen LogP contribution is -2.33. The van der Waals surface area contributed by atoms with Crippen LogP contribution in [0.2, 0.25) is 0 Å². The number of ether oxygens (including phenoxy) is 2. The van der Waals surface area contributed by atoms with Gasteiger partial charge in [-0.3, -0.25) is 14.7 Å². The summed E-state index contributed by atoms with van der Waals surface area (Å²) in [5.41, 5.74) is 1.40. The Hall–Kier alpha value is -2.84. The van der Waals surface area contributed by atoms with E-state index in [1.54, 1.807) is 55.8 Å². The van der Waals surface area contributed by atoms with Crippen molar-refractivity contribution in [3.8, 4) is 16.3 Å². The second kappa shape index (κ2) is 8.50. The summed E-state index contributed by atoms with van der Waals surface area (Å²) in [6.45, 7) is 0.771. The summed E-state index contributed by atoms with van der Waals surface area (Å²) in [4.78, 5) is 18.6. The molecule has 0 bridgehead atoms. The number of benzene rings is 1. The summed E-state index contributed by atoms with van der Waals surface area (Å²) >= 11 is 1.34. The topological polar surface area (TPSA) is 77.4 Å². The molecule has 7 nitrogen and oxygen atoms in total. The SMILES string of the molecule is COCCN(C(=O)c1ccc(OC)cc1)c1nnc(-c2cccnc2)s1. The van der Waals surface area contributed by atoms with E-state index in [2.05, 4.69) is 15.2 Å². The first-order chi connectivity index (χ1) is 12.7. The lowest BCUT2D eigenvalue weighted by molar-refractivity contribution is 0.0975. The Labute approximate surface area is 155 Å². The van der Waals surface area contributed by atoms with Gasteiger partial charge in [-0.2, -0.15) is 0 Å². The van der Waals surface area contributed by atoms with E-state index in [-0.39, 0.29) is 5.91 Å². The molecule has 0 N–H and O–H groups in total. The van der Waals surface area contributed by atoms with Gasteiger partial charge >= 0.3 is 0 Å². The number of nitrogens with zero attached hydrogens (tertiary/aromatic N) is 4. The number of anilines is 1. The van der Waals surface area contributed by atoms with Crippen LogP contribution in [0.15, 0.2) is 48.8 Å². The highest BCUT2D eigenvalue weighted by Gasteiger charge is 2.22. The van der Waals surface area contributed by atoms with Crippen LogP contribution < -0.4 is 9.64 Å². The monoisotopic (exact) mass is 370 g/mol. The minimum Gasteiger partial charge on any atom is -0.497 e. The maximum Gasteiger partial charge on any atom is 0.260 e. The number of carbonyl (C=O) groups is 1. The highest BCUT2D eigenvalue weighted by Crippen LogP contribution is 2.29. The Balaban J connectivity index is 1.87. The summed E-state index contributed by atoms with van der Waals surface area (Å²) in [6.07, 6.45) is 3.42. The van der Waals surface area contributed by atoms with E-state index in [9.17, 15) is 4.79 Å². The van der Waals surface area contributed by atoms with Crippen LogP contribution in [0.1, 0.15) is 10.4 Å². The second-order valence-corrected chi connectivity index (χ2v) is 6.27. The maximum atomic E-state index is 13.0. The van der Waals surface area contributed by atoms with Gasteiger partial charge in [-0.15, -0.1) is 10.2 Å². The van der Waals surface area contributed by atoms with Crippen molar-refractivity contribution in [3.63, 3.8) is 0 Å². The van der Waals surface area contributed by atoms with Crippen LogP contribution in [0.5, 0.6) is 5.75 Å². The van der Waals surface area contributed by atoms with Gasteiger partial charge < -0.3 is 9.47 Å². The van der Waals surface area contributed by atoms with Crippen molar-refractivity contribution in [2.45, 2.75) is 0 Å². The van der Waals surface area contributed by atoms with Crippen molar-refractivity contribution in [2.75, 3.05) is 32.3 Å². The molecule has 134 valence electrons. The molecule has 0 unspecified atom stereocenters. The third-order valence-electron chi connectivity index (χ3n) is 3.65. The zero-order valence-electron chi connectivity index (χ0n) is 14.5. The number of carbonyl (C=O) groups excluding carboxylic acids is 1. The van der Waals surface area contributed by atoms with Crippen molar-refractivity contribution in [1.29, 1.82) is 0 Å². The number of methoxy groups -OCH3 is 2. The van der Waals surface area contributed by atoms with Crippen LogP contribution in [0, 0.1) is 0 Å². The molecule has 0 aliphatic rings. The fourth-order valence-corrected chi connectivity index (χ4v) is 3.15. The van der Waals surface area contributed by atoms with E-state index in [1.807, 2.05) is 12.1 Å². The molecule has 3 rings (SSSR count). The standard InChI is InChI=1S/C18H18N4O3S/c1-24-11-10-22(17(23)13-5-7-15(25-2)8-6-13)18-21-20-16(26-18)14-4-3-9-19-12-14/h3-9,12H,10-11H2,1-2H3. The fourth-order valence-electron chi connectivity index (χ4n) is 2.29. The van der Waals surface area contributed by atoms with Crippen molar-refractivity contribution in [2.24, 2.45) is 0 Å². The van der Waals surface area contributed by atoms with E-state index < -0.39 is 0 Å². The normalized spacial score (nSPS) is 10.5. The molecule has 2 aromatic heterocycles. The van der Waals surface area contributed by atoms with Gasteiger partial charge in [0, 0.05) is 30.6 Å². The lowest BCUT2D eigenvalue weighted by Gasteiger charge is -2.19. The first-order valence-corrected chi connectivity index (χ1v) is 8.73. The molecule has 0 spiro atoms. The average molecular weight is 370 g/mol. The molecule has 0 aliphatic carbocycles. The van der Waals surface area contributed by atoms with Crippen LogP contribution in [0.25, 0.3) is 10.6 Å². The Bertz CT molecular complexity index is 852. The van der Waals surface area contributed by atoms with Gasteiger partial charge in [0.05, 0.1) is 20.3 Å². The third-order valence-corrected chi connectivity index (χ3v) is 4.65. The van der Waals surface area contributed by atoms with Gasteiger partial charge in [-0.25, -0.2) is 0 Å². The van der Waals surface area contributed by atoms with Gasteiger partial charge in [0.2, 0.25) is 5.13 Å². The largest absolute Gasteiger partial charge is 0.497 e. The fraction of sp³-hybridized carbons (Fsp3) is 0.222. The molecule has 0 atom stereocenters. The van der Waals surface area contributed by atoms with Crippen molar-refractivity contribution in [3.05, 3.63) is 54.4 Å². The lowest BCUT2D eigenvalue weighted by atomic mass is 10.2. The molecule has 1 amide bonds.